The quantitative estimate of drug-likeness (QED) is 0.692. The van der Waals surface area contributed by atoms with Crippen LogP contribution in [-0.4, -0.2) is 4.98 Å². The van der Waals surface area contributed by atoms with Crippen LogP contribution in [0, 0.1) is 6.92 Å². The molecule has 2 aromatic rings. The normalized spacial score (nSPS) is 10.1. The van der Waals surface area contributed by atoms with Crippen molar-refractivity contribution >= 4 is 5.69 Å². The second kappa shape index (κ2) is 3.50. The van der Waals surface area contributed by atoms with Gasteiger partial charge in [0.05, 0.1) is 0 Å². The van der Waals surface area contributed by atoms with Crippen LogP contribution in [0.3, 0.4) is 0 Å². The van der Waals surface area contributed by atoms with Gasteiger partial charge in [-0.1, -0.05) is 18.2 Å². The molecule has 0 saturated carbocycles. The van der Waals surface area contributed by atoms with Gasteiger partial charge in [-0.15, -0.1) is 0 Å². The van der Waals surface area contributed by atoms with E-state index >= 15 is 0 Å². The van der Waals surface area contributed by atoms with Crippen molar-refractivity contribution in [2.45, 2.75) is 6.92 Å². The molecule has 0 amide bonds. The molecule has 1 aromatic heterocycles. The van der Waals surface area contributed by atoms with E-state index in [4.69, 9.17) is 5.73 Å². The van der Waals surface area contributed by atoms with E-state index in [1.165, 1.54) is 5.56 Å². The molecule has 0 bridgehead atoms. The summed E-state index contributed by atoms with van der Waals surface area (Å²) < 4.78 is 0. The fraction of sp³-hybridized carbons (Fsp3) is 0.0833. The molecular weight excluding hydrogens is 172 g/mol. The highest BCUT2D eigenvalue weighted by Gasteiger charge is 2.03. The van der Waals surface area contributed by atoms with Crippen LogP contribution in [0.1, 0.15) is 5.56 Å². The van der Waals surface area contributed by atoms with E-state index in [2.05, 4.69) is 11.9 Å². The van der Waals surface area contributed by atoms with Crippen LogP contribution in [0.2, 0.25) is 0 Å². The van der Waals surface area contributed by atoms with E-state index in [9.17, 15) is 0 Å². The highest BCUT2D eigenvalue weighted by Crippen LogP contribution is 2.26. The predicted octanol–water partition coefficient (Wildman–Crippen LogP) is 2.64. The molecule has 2 N–H and O–H groups in total. The Morgan fingerprint density at radius 2 is 1.86 bits per heavy atom. The van der Waals surface area contributed by atoms with Crippen molar-refractivity contribution in [3.8, 4) is 11.1 Å². The van der Waals surface area contributed by atoms with E-state index in [0.717, 1.165) is 16.8 Å². The molecule has 0 unspecified atom stereocenters. The van der Waals surface area contributed by atoms with Crippen molar-refractivity contribution in [2.75, 3.05) is 5.73 Å². The first kappa shape index (κ1) is 8.75. The topological polar surface area (TPSA) is 38.9 Å². The first-order valence-electron chi connectivity index (χ1n) is 4.54. The molecule has 0 fully saturated rings. The molecule has 1 heterocycles. The molecule has 14 heavy (non-hydrogen) atoms. The zero-order chi connectivity index (χ0) is 9.97. The Morgan fingerprint density at radius 1 is 1.07 bits per heavy atom. The number of aryl methyl sites for hydroxylation is 1. The van der Waals surface area contributed by atoms with Crippen LogP contribution in [0.5, 0.6) is 0 Å². The van der Waals surface area contributed by atoms with Gasteiger partial charge in [-0.2, -0.15) is 0 Å². The molecule has 70 valence electrons. The number of pyridine rings is 1. The summed E-state index contributed by atoms with van der Waals surface area (Å²) >= 11 is 0. The first-order valence-corrected chi connectivity index (χ1v) is 4.54. The van der Waals surface area contributed by atoms with E-state index in [-0.39, 0.29) is 0 Å². The summed E-state index contributed by atoms with van der Waals surface area (Å²) in [7, 11) is 0. The molecule has 2 heteroatoms. The lowest BCUT2D eigenvalue weighted by Crippen LogP contribution is -1.91. The standard InChI is InChI=1S/C12H12N2/c1-9-6-7-14-8-11(9)10-4-2-3-5-12(10)13/h2-8H,13H2,1H3. The number of nitrogen functional groups attached to an aromatic ring is 1. The molecule has 0 atom stereocenters. The number of hydrogen-bond acceptors (Lipinski definition) is 2. The Bertz CT molecular complexity index is 406. The molecule has 0 spiro atoms. The number of hydrogen-bond donors (Lipinski definition) is 1. The Balaban J connectivity index is 2.61. The number of benzene rings is 1. The minimum atomic E-state index is 0.795. The number of anilines is 1. The summed E-state index contributed by atoms with van der Waals surface area (Å²) in [5, 5.41) is 0. The van der Waals surface area contributed by atoms with E-state index < -0.39 is 0 Å². The molecule has 0 aliphatic carbocycles. The molecule has 0 saturated heterocycles. The van der Waals surface area contributed by atoms with Crippen LogP contribution in [0.25, 0.3) is 11.1 Å². The van der Waals surface area contributed by atoms with Crippen molar-refractivity contribution in [3.63, 3.8) is 0 Å². The Hall–Kier alpha value is -1.83. The fourth-order valence-corrected chi connectivity index (χ4v) is 1.49. The lowest BCUT2D eigenvalue weighted by atomic mass is 10.0. The number of nitrogens with zero attached hydrogens (tertiary/aromatic N) is 1. The van der Waals surface area contributed by atoms with Gasteiger partial charge in [0.2, 0.25) is 0 Å². The van der Waals surface area contributed by atoms with Crippen LogP contribution in [-0.2, 0) is 0 Å². The van der Waals surface area contributed by atoms with E-state index in [1.807, 2.05) is 36.5 Å². The minimum absolute atomic E-state index is 0.795. The summed E-state index contributed by atoms with van der Waals surface area (Å²) in [5.74, 6) is 0. The molecule has 0 radical (unpaired) electrons. The number of rotatable bonds is 1. The molecular formula is C12H12N2. The van der Waals surface area contributed by atoms with Gasteiger partial charge in [0.25, 0.3) is 0 Å². The summed E-state index contributed by atoms with van der Waals surface area (Å²) in [4.78, 5) is 4.11. The second-order valence-corrected chi connectivity index (χ2v) is 3.28. The number of aromatic nitrogens is 1. The lowest BCUT2D eigenvalue weighted by Gasteiger charge is -2.07. The van der Waals surface area contributed by atoms with Gasteiger partial charge in [-0.3, -0.25) is 4.98 Å². The molecule has 1 aromatic carbocycles. The number of nitrogens with two attached hydrogens (primary N) is 1. The summed E-state index contributed by atoms with van der Waals surface area (Å²) in [5.41, 5.74) is 10.0. The van der Waals surface area contributed by atoms with Gasteiger partial charge in [0.1, 0.15) is 0 Å². The maximum absolute atomic E-state index is 5.89. The highest BCUT2D eigenvalue weighted by molar-refractivity contribution is 5.77. The average molecular weight is 184 g/mol. The summed E-state index contributed by atoms with van der Waals surface area (Å²) in [6.45, 7) is 2.06. The first-order chi connectivity index (χ1) is 6.79. The van der Waals surface area contributed by atoms with Crippen LogP contribution < -0.4 is 5.73 Å². The Kier molecular flexibility index (Phi) is 2.19. The van der Waals surface area contributed by atoms with Crippen molar-refractivity contribution in [1.82, 2.24) is 4.98 Å². The zero-order valence-electron chi connectivity index (χ0n) is 8.07. The smallest absolute Gasteiger partial charge is 0.0394 e. The molecule has 0 aliphatic rings. The third kappa shape index (κ3) is 1.46. The minimum Gasteiger partial charge on any atom is -0.398 e. The van der Waals surface area contributed by atoms with Crippen molar-refractivity contribution in [2.24, 2.45) is 0 Å². The number of para-hydroxylation sites is 1. The SMILES string of the molecule is Cc1ccncc1-c1ccccc1N. The predicted molar refractivity (Wildman–Crippen MR) is 58.8 cm³/mol. The van der Waals surface area contributed by atoms with Gasteiger partial charge in [-0.05, 0) is 24.6 Å². The summed E-state index contributed by atoms with van der Waals surface area (Å²) in [6, 6.07) is 9.82. The van der Waals surface area contributed by atoms with Gasteiger partial charge in [0.15, 0.2) is 0 Å². The Morgan fingerprint density at radius 3 is 2.57 bits per heavy atom. The molecule has 0 aliphatic heterocycles. The zero-order valence-corrected chi connectivity index (χ0v) is 8.07. The van der Waals surface area contributed by atoms with Crippen LogP contribution >= 0.6 is 0 Å². The van der Waals surface area contributed by atoms with Gasteiger partial charge >= 0.3 is 0 Å². The van der Waals surface area contributed by atoms with E-state index in [1.54, 1.807) is 6.20 Å². The van der Waals surface area contributed by atoms with Crippen LogP contribution in [0.15, 0.2) is 42.7 Å². The van der Waals surface area contributed by atoms with Crippen molar-refractivity contribution in [1.29, 1.82) is 0 Å². The molecule has 2 rings (SSSR count). The molecule has 2 nitrogen and oxygen atoms in total. The average Bonchev–Trinajstić information content (AvgIpc) is 2.20. The third-order valence-corrected chi connectivity index (χ3v) is 2.29. The van der Waals surface area contributed by atoms with Crippen molar-refractivity contribution < 1.29 is 0 Å². The lowest BCUT2D eigenvalue weighted by molar-refractivity contribution is 1.29. The maximum atomic E-state index is 5.89. The maximum Gasteiger partial charge on any atom is 0.0394 e. The van der Waals surface area contributed by atoms with Crippen LogP contribution in [0.4, 0.5) is 5.69 Å². The Labute approximate surface area is 83.4 Å². The van der Waals surface area contributed by atoms with Gasteiger partial charge in [-0.25, -0.2) is 0 Å². The monoisotopic (exact) mass is 184 g/mol. The van der Waals surface area contributed by atoms with Gasteiger partial charge < -0.3 is 5.73 Å². The largest absolute Gasteiger partial charge is 0.398 e. The third-order valence-electron chi connectivity index (χ3n) is 2.29. The highest BCUT2D eigenvalue weighted by atomic mass is 14.6. The fourth-order valence-electron chi connectivity index (χ4n) is 1.49. The second-order valence-electron chi connectivity index (χ2n) is 3.28. The summed E-state index contributed by atoms with van der Waals surface area (Å²) in [6.07, 6.45) is 3.64. The van der Waals surface area contributed by atoms with E-state index in [0.29, 0.717) is 0 Å². The van der Waals surface area contributed by atoms with Crippen molar-refractivity contribution in [3.05, 3.63) is 48.3 Å². The van der Waals surface area contributed by atoms with Gasteiger partial charge in [0, 0.05) is 29.2 Å².